The van der Waals surface area contributed by atoms with Gasteiger partial charge in [0, 0.05) is 6.54 Å². The largest absolute Gasteiger partial charge is 0.495 e. The van der Waals surface area contributed by atoms with Crippen LogP contribution in [0.3, 0.4) is 0 Å². The lowest BCUT2D eigenvalue weighted by molar-refractivity contribution is 0.403. The number of hydrogen-bond donors (Lipinski definition) is 1. The van der Waals surface area contributed by atoms with E-state index in [4.69, 9.17) is 4.74 Å². The average molecular weight is 288 g/mol. The van der Waals surface area contributed by atoms with Crippen molar-refractivity contribution in [3.05, 3.63) is 28.0 Å². The lowest BCUT2D eigenvalue weighted by Gasteiger charge is -2.23. The summed E-state index contributed by atoms with van der Waals surface area (Å²) in [7, 11) is 1.56. The smallest absolute Gasteiger partial charge is 0.141 e. The molecule has 1 heterocycles. The standard InChI is InChI=1S/C12H15BrFNO/c1-16-11-6-9(5-10(14)12(11)13)8-3-2-4-15-7-8/h5-6,8,15H,2-4,7H2,1H3. The predicted molar refractivity (Wildman–Crippen MR) is 65.5 cm³/mol. The molecule has 88 valence electrons. The normalized spacial score (nSPS) is 20.8. The van der Waals surface area contributed by atoms with Crippen molar-refractivity contribution in [2.24, 2.45) is 0 Å². The molecular weight excluding hydrogens is 273 g/mol. The maximum Gasteiger partial charge on any atom is 0.141 e. The number of piperidine rings is 1. The molecule has 0 amide bonds. The average Bonchev–Trinajstić information content (AvgIpc) is 2.33. The second-order valence-electron chi connectivity index (χ2n) is 4.06. The topological polar surface area (TPSA) is 21.3 Å². The van der Waals surface area contributed by atoms with Crippen LogP contribution >= 0.6 is 15.9 Å². The van der Waals surface area contributed by atoms with E-state index >= 15 is 0 Å². The molecule has 1 aliphatic rings. The summed E-state index contributed by atoms with van der Waals surface area (Å²) in [4.78, 5) is 0. The van der Waals surface area contributed by atoms with Crippen molar-refractivity contribution in [3.63, 3.8) is 0 Å². The zero-order valence-corrected chi connectivity index (χ0v) is 10.8. The van der Waals surface area contributed by atoms with Crippen LogP contribution in [0.1, 0.15) is 24.3 Å². The van der Waals surface area contributed by atoms with Gasteiger partial charge in [-0.05, 0) is 58.9 Å². The van der Waals surface area contributed by atoms with Gasteiger partial charge in [-0.25, -0.2) is 4.39 Å². The molecule has 2 nitrogen and oxygen atoms in total. The lowest BCUT2D eigenvalue weighted by Crippen LogP contribution is -2.28. The number of nitrogens with one attached hydrogen (secondary N) is 1. The van der Waals surface area contributed by atoms with Gasteiger partial charge in [-0.1, -0.05) is 0 Å². The Labute approximate surface area is 103 Å². The van der Waals surface area contributed by atoms with Gasteiger partial charge in [0.25, 0.3) is 0 Å². The van der Waals surface area contributed by atoms with E-state index in [0.29, 0.717) is 16.1 Å². The summed E-state index contributed by atoms with van der Waals surface area (Å²) in [5.41, 5.74) is 1.02. The first-order chi connectivity index (χ1) is 7.72. The van der Waals surface area contributed by atoms with Crippen LogP contribution in [0, 0.1) is 5.82 Å². The third-order valence-electron chi connectivity index (χ3n) is 3.01. The Bertz CT molecular complexity index is 378. The van der Waals surface area contributed by atoms with Crippen molar-refractivity contribution in [2.75, 3.05) is 20.2 Å². The van der Waals surface area contributed by atoms with Gasteiger partial charge in [-0.15, -0.1) is 0 Å². The molecule has 0 bridgehead atoms. The molecule has 0 saturated carbocycles. The second kappa shape index (κ2) is 5.15. The highest BCUT2D eigenvalue weighted by Crippen LogP contribution is 2.33. The minimum absolute atomic E-state index is 0.250. The van der Waals surface area contributed by atoms with Crippen molar-refractivity contribution >= 4 is 15.9 Å². The summed E-state index contributed by atoms with van der Waals surface area (Å²) < 4.78 is 19.2. The minimum atomic E-state index is -0.250. The van der Waals surface area contributed by atoms with Crippen molar-refractivity contribution in [1.82, 2.24) is 5.32 Å². The number of rotatable bonds is 2. The van der Waals surface area contributed by atoms with Gasteiger partial charge in [0.15, 0.2) is 0 Å². The van der Waals surface area contributed by atoms with E-state index < -0.39 is 0 Å². The Morgan fingerprint density at radius 2 is 2.31 bits per heavy atom. The summed E-state index contributed by atoms with van der Waals surface area (Å²) in [6.07, 6.45) is 2.25. The van der Waals surface area contributed by atoms with Crippen molar-refractivity contribution in [1.29, 1.82) is 0 Å². The summed E-state index contributed by atoms with van der Waals surface area (Å²) in [5.74, 6) is 0.714. The molecule has 1 fully saturated rings. The molecule has 1 unspecified atom stereocenters. The van der Waals surface area contributed by atoms with Gasteiger partial charge in [-0.3, -0.25) is 0 Å². The van der Waals surface area contributed by atoms with Gasteiger partial charge in [0.1, 0.15) is 11.6 Å². The van der Waals surface area contributed by atoms with Gasteiger partial charge in [-0.2, -0.15) is 0 Å². The van der Waals surface area contributed by atoms with Crippen LogP contribution in [0.15, 0.2) is 16.6 Å². The molecule has 1 aromatic rings. The first kappa shape index (κ1) is 11.9. The third kappa shape index (κ3) is 2.38. The number of hydrogen-bond acceptors (Lipinski definition) is 2. The monoisotopic (exact) mass is 287 g/mol. The van der Waals surface area contributed by atoms with Crippen LogP contribution < -0.4 is 10.1 Å². The molecule has 0 aromatic heterocycles. The van der Waals surface area contributed by atoms with E-state index in [1.165, 1.54) is 0 Å². The van der Waals surface area contributed by atoms with E-state index in [9.17, 15) is 4.39 Å². The van der Waals surface area contributed by atoms with Gasteiger partial charge < -0.3 is 10.1 Å². The molecule has 0 aliphatic carbocycles. The van der Waals surface area contributed by atoms with Crippen molar-refractivity contribution < 1.29 is 9.13 Å². The zero-order valence-electron chi connectivity index (χ0n) is 9.22. The van der Waals surface area contributed by atoms with Crippen molar-refractivity contribution in [2.45, 2.75) is 18.8 Å². The van der Waals surface area contributed by atoms with E-state index in [2.05, 4.69) is 21.2 Å². The molecule has 1 aromatic carbocycles. The van der Waals surface area contributed by atoms with E-state index in [-0.39, 0.29) is 5.82 Å². The first-order valence-corrected chi connectivity index (χ1v) is 6.25. The quantitative estimate of drug-likeness (QED) is 0.903. The lowest BCUT2D eigenvalue weighted by atomic mass is 9.91. The Morgan fingerprint density at radius 3 is 2.94 bits per heavy atom. The fourth-order valence-corrected chi connectivity index (χ4v) is 2.50. The third-order valence-corrected chi connectivity index (χ3v) is 3.77. The Morgan fingerprint density at radius 1 is 1.50 bits per heavy atom. The maximum absolute atomic E-state index is 13.6. The molecule has 0 spiro atoms. The van der Waals surface area contributed by atoms with Crippen LogP contribution in [0.4, 0.5) is 4.39 Å². The predicted octanol–water partition coefficient (Wildman–Crippen LogP) is 3.06. The van der Waals surface area contributed by atoms with Gasteiger partial charge in [0.2, 0.25) is 0 Å². The van der Waals surface area contributed by atoms with Crippen LogP contribution in [0.25, 0.3) is 0 Å². The molecule has 1 saturated heterocycles. The summed E-state index contributed by atoms with van der Waals surface area (Å²) in [6, 6.07) is 3.52. The second-order valence-corrected chi connectivity index (χ2v) is 4.86. The molecule has 1 atom stereocenters. The van der Waals surface area contributed by atoms with E-state index in [0.717, 1.165) is 31.5 Å². The fraction of sp³-hybridized carbons (Fsp3) is 0.500. The molecular formula is C12H15BrFNO. The minimum Gasteiger partial charge on any atom is -0.495 e. The number of benzene rings is 1. The Hall–Kier alpha value is -0.610. The van der Waals surface area contributed by atoms with E-state index in [1.807, 2.05) is 6.07 Å². The van der Waals surface area contributed by atoms with Gasteiger partial charge >= 0.3 is 0 Å². The highest BCUT2D eigenvalue weighted by atomic mass is 79.9. The van der Waals surface area contributed by atoms with Crippen LogP contribution in [0.5, 0.6) is 5.75 Å². The molecule has 1 aliphatic heterocycles. The fourth-order valence-electron chi connectivity index (χ4n) is 2.10. The Balaban J connectivity index is 2.29. The maximum atomic E-state index is 13.6. The molecule has 16 heavy (non-hydrogen) atoms. The highest BCUT2D eigenvalue weighted by Gasteiger charge is 2.18. The summed E-state index contributed by atoms with van der Waals surface area (Å²) in [6.45, 7) is 1.98. The summed E-state index contributed by atoms with van der Waals surface area (Å²) in [5, 5.41) is 3.33. The SMILES string of the molecule is COc1cc(C2CCCNC2)cc(F)c1Br. The molecule has 0 radical (unpaired) electrons. The van der Waals surface area contributed by atoms with E-state index in [1.54, 1.807) is 13.2 Å². The number of halogens is 2. The summed E-state index contributed by atoms with van der Waals surface area (Å²) >= 11 is 3.18. The number of ether oxygens (including phenoxy) is 1. The van der Waals surface area contributed by atoms with Gasteiger partial charge in [0.05, 0.1) is 11.6 Å². The molecule has 1 N–H and O–H groups in total. The van der Waals surface area contributed by atoms with Crippen LogP contribution in [-0.4, -0.2) is 20.2 Å². The van der Waals surface area contributed by atoms with Crippen molar-refractivity contribution in [3.8, 4) is 5.75 Å². The Kier molecular flexibility index (Phi) is 3.82. The number of methoxy groups -OCH3 is 1. The molecule has 2 rings (SSSR count). The van der Waals surface area contributed by atoms with Crippen LogP contribution in [0.2, 0.25) is 0 Å². The zero-order chi connectivity index (χ0) is 11.5. The van der Waals surface area contributed by atoms with Crippen LogP contribution in [-0.2, 0) is 0 Å². The molecule has 4 heteroatoms. The highest BCUT2D eigenvalue weighted by molar-refractivity contribution is 9.10. The first-order valence-electron chi connectivity index (χ1n) is 5.46.